The van der Waals surface area contributed by atoms with Gasteiger partial charge in [0.2, 0.25) is 0 Å². The van der Waals surface area contributed by atoms with E-state index in [1.54, 1.807) is 0 Å². The molecular formula is C13H19Cl2NO3S. The maximum Gasteiger partial charge on any atom is 0.182 e. The predicted octanol–water partition coefficient (Wildman–Crippen LogP) is 2.52. The first kappa shape index (κ1) is 17.7. The molecular weight excluding hydrogens is 321 g/mol. The Morgan fingerprint density at radius 3 is 2.45 bits per heavy atom. The van der Waals surface area contributed by atoms with Crippen LogP contribution >= 0.6 is 23.2 Å². The summed E-state index contributed by atoms with van der Waals surface area (Å²) in [5.74, 6) is -0.407. The summed E-state index contributed by atoms with van der Waals surface area (Å²) >= 11 is 11.7. The van der Waals surface area contributed by atoms with Crippen molar-refractivity contribution in [2.24, 2.45) is 0 Å². The number of nitrogens with one attached hydrogen (secondary N) is 1. The van der Waals surface area contributed by atoms with Crippen LogP contribution in [-0.2, 0) is 9.84 Å². The van der Waals surface area contributed by atoms with Gasteiger partial charge in [-0.05, 0) is 39.0 Å². The van der Waals surface area contributed by atoms with Crippen LogP contribution in [0.2, 0.25) is 10.0 Å². The van der Waals surface area contributed by atoms with E-state index in [0.29, 0.717) is 0 Å². The van der Waals surface area contributed by atoms with Gasteiger partial charge in [0.05, 0.1) is 21.8 Å². The van der Waals surface area contributed by atoms with E-state index in [1.807, 2.05) is 20.8 Å². The highest BCUT2D eigenvalue weighted by Crippen LogP contribution is 2.26. The summed E-state index contributed by atoms with van der Waals surface area (Å²) in [4.78, 5) is -0.0542. The monoisotopic (exact) mass is 339 g/mol. The van der Waals surface area contributed by atoms with Gasteiger partial charge in [0, 0.05) is 17.1 Å². The molecule has 1 unspecified atom stereocenters. The molecule has 0 aliphatic heterocycles. The summed E-state index contributed by atoms with van der Waals surface area (Å²) < 4.78 is 24.4. The lowest BCUT2D eigenvalue weighted by Gasteiger charge is -2.22. The SMILES string of the molecule is CC(C)(C)NCC(O)CS(=O)(=O)c1cc(Cl)ccc1Cl. The second kappa shape index (κ2) is 6.62. The zero-order chi connectivity index (χ0) is 15.6. The zero-order valence-electron chi connectivity index (χ0n) is 11.7. The average molecular weight is 340 g/mol. The molecule has 1 rings (SSSR count). The van der Waals surface area contributed by atoms with Gasteiger partial charge < -0.3 is 10.4 Å². The molecule has 0 aliphatic carbocycles. The Hall–Kier alpha value is -0.330. The Balaban J connectivity index is 2.82. The van der Waals surface area contributed by atoms with Crippen LogP contribution in [0.15, 0.2) is 23.1 Å². The number of sulfone groups is 1. The number of halogens is 2. The smallest absolute Gasteiger partial charge is 0.182 e. The van der Waals surface area contributed by atoms with Crippen LogP contribution in [-0.4, -0.2) is 37.5 Å². The number of hydrogen-bond donors (Lipinski definition) is 2. The molecule has 4 nitrogen and oxygen atoms in total. The van der Waals surface area contributed by atoms with Crippen molar-refractivity contribution in [2.75, 3.05) is 12.3 Å². The third kappa shape index (κ3) is 5.58. The highest BCUT2D eigenvalue weighted by Gasteiger charge is 2.23. The minimum Gasteiger partial charge on any atom is -0.391 e. The van der Waals surface area contributed by atoms with E-state index in [1.165, 1.54) is 18.2 Å². The molecule has 0 spiro atoms. The summed E-state index contributed by atoms with van der Waals surface area (Å²) in [6.45, 7) is 5.98. The first-order chi connectivity index (χ1) is 9.01. The van der Waals surface area contributed by atoms with Gasteiger partial charge in [-0.2, -0.15) is 0 Å². The molecule has 20 heavy (non-hydrogen) atoms. The summed E-state index contributed by atoms with van der Waals surface area (Å²) in [5.41, 5.74) is -0.196. The summed E-state index contributed by atoms with van der Waals surface area (Å²) in [6.07, 6.45) is -1.02. The topological polar surface area (TPSA) is 66.4 Å². The maximum atomic E-state index is 12.2. The number of β-amino-alcohol motifs (C(OH)–C–C–N with tert-alkyl or cyclic N) is 1. The molecule has 0 fully saturated rings. The van der Waals surface area contributed by atoms with Gasteiger partial charge in [0.15, 0.2) is 9.84 Å². The second-order valence-electron chi connectivity index (χ2n) is 5.64. The van der Waals surface area contributed by atoms with Gasteiger partial charge in [0.25, 0.3) is 0 Å². The van der Waals surface area contributed by atoms with Crippen LogP contribution in [0, 0.1) is 0 Å². The molecule has 0 aliphatic rings. The number of rotatable bonds is 5. The number of hydrogen-bond acceptors (Lipinski definition) is 4. The third-order valence-corrected chi connectivity index (χ3v) is 5.02. The van der Waals surface area contributed by atoms with Gasteiger partial charge >= 0.3 is 0 Å². The van der Waals surface area contributed by atoms with Crippen molar-refractivity contribution in [3.63, 3.8) is 0 Å². The van der Waals surface area contributed by atoms with E-state index in [-0.39, 0.29) is 27.0 Å². The molecule has 0 amide bonds. The third-order valence-electron chi connectivity index (χ3n) is 2.51. The molecule has 1 aromatic rings. The number of benzene rings is 1. The minimum absolute atomic E-state index is 0.0542. The highest BCUT2D eigenvalue weighted by atomic mass is 35.5. The lowest BCUT2D eigenvalue weighted by atomic mass is 10.1. The number of aliphatic hydroxyl groups excluding tert-OH is 1. The Labute approximate surface area is 130 Å². The van der Waals surface area contributed by atoms with Crippen LogP contribution in [0.3, 0.4) is 0 Å². The van der Waals surface area contributed by atoms with Gasteiger partial charge in [-0.15, -0.1) is 0 Å². The van der Waals surface area contributed by atoms with Crippen LogP contribution in [0.25, 0.3) is 0 Å². The molecule has 114 valence electrons. The largest absolute Gasteiger partial charge is 0.391 e. The summed E-state index contributed by atoms with van der Waals surface area (Å²) in [5, 5.41) is 13.3. The minimum atomic E-state index is -3.69. The molecule has 0 radical (unpaired) electrons. The standard InChI is InChI=1S/C13H19Cl2NO3S/c1-13(2,3)16-7-10(17)8-20(18,19)12-6-9(14)4-5-11(12)15/h4-6,10,16-17H,7-8H2,1-3H3. The van der Waals surface area contributed by atoms with Crippen LogP contribution in [0.5, 0.6) is 0 Å². The normalized spacial score (nSPS) is 14.3. The lowest BCUT2D eigenvalue weighted by molar-refractivity contribution is 0.181. The van der Waals surface area contributed by atoms with Gasteiger partial charge in [-0.3, -0.25) is 0 Å². The van der Waals surface area contributed by atoms with E-state index in [2.05, 4.69) is 5.32 Å². The first-order valence-electron chi connectivity index (χ1n) is 6.12. The van der Waals surface area contributed by atoms with Crippen molar-refractivity contribution in [1.82, 2.24) is 5.32 Å². The van der Waals surface area contributed by atoms with Crippen LogP contribution in [0.1, 0.15) is 20.8 Å². The van der Waals surface area contributed by atoms with E-state index in [4.69, 9.17) is 23.2 Å². The fraction of sp³-hybridized carbons (Fsp3) is 0.538. The van der Waals surface area contributed by atoms with Crippen LogP contribution in [0.4, 0.5) is 0 Å². The molecule has 0 bridgehead atoms. The van der Waals surface area contributed by atoms with Crippen LogP contribution < -0.4 is 5.32 Å². The van der Waals surface area contributed by atoms with Crippen molar-refractivity contribution in [3.05, 3.63) is 28.2 Å². The van der Waals surface area contributed by atoms with E-state index in [9.17, 15) is 13.5 Å². The van der Waals surface area contributed by atoms with E-state index >= 15 is 0 Å². The van der Waals surface area contributed by atoms with Crippen molar-refractivity contribution in [2.45, 2.75) is 37.3 Å². The summed E-state index contributed by atoms with van der Waals surface area (Å²) in [7, 11) is -3.69. The fourth-order valence-electron chi connectivity index (χ4n) is 1.54. The molecule has 1 aromatic carbocycles. The second-order valence-corrected chi connectivity index (χ2v) is 8.49. The van der Waals surface area contributed by atoms with Crippen molar-refractivity contribution < 1.29 is 13.5 Å². The Kier molecular flexibility index (Phi) is 5.87. The maximum absolute atomic E-state index is 12.2. The lowest BCUT2D eigenvalue weighted by Crippen LogP contribution is -2.42. The predicted molar refractivity (Wildman–Crippen MR) is 82.3 cm³/mol. The van der Waals surface area contributed by atoms with Crippen molar-refractivity contribution in [3.8, 4) is 0 Å². The summed E-state index contributed by atoms with van der Waals surface area (Å²) in [6, 6.07) is 4.24. The van der Waals surface area contributed by atoms with Gasteiger partial charge in [0.1, 0.15) is 0 Å². The molecule has 0 aromatic heterocycles. The zero-order valence-corrected chi connectivity index (χ0v) is 14.0. The molecule has 2 N–H and O–H groups in total. The first-order valence-corrected chi connectivity index (χ1v) is 8.53. The average Bonchev–Trinajstić information content (AvgIpc) is 2.28. The fourth-order valence-corrected chi connectivity index (χ4v) is 3.72. The Morgan fingerprint density at radius 2 is 1.90 bits per heavy atom. The van der Waals surface area contributed by atoms with E-state index in [0.717, 1.165) is 0 Å². The van der Waals surface area contributed by atoms with E-state index < -0.39 is 21.7 Å². The Morgan fingerprint density at radius 1 is 1.30 bits per heavy atom. The highest BCUT2D eigenvalue weighted by molar-refractivity contribution is 7.91. The number of aliphatic hydroxyl groups is 1. The molecule has 0 saturated heterocycles. The molecule has 1 atom stereocenters. The van der Waals surface area contributed by atoms with Gasteiger partial charge in [-0.25, -0.2) is 8.42 Å². The quantitative estimate of drug-likeness (QED) is 0.864. The molecule has 0 saturated carbocycles. The molecule has 7 heteroatoms. The van der Waals surface area contributed by atoms with Gasteiger partial charge in [-0.1, -0.05) is 23.2 Å². The van der Waals surface area contributed by atoms with Crippen molar-refractivity contribution >= 4 is 33.0 Å². The van der Waals surface area contributed by atoms with Crippen molar-refractivity contribution in [1.29, 1.82) is 0 Å². The Bertz CT molecular complexity index is 567. The molecule has 0 heterocycles.